The van der Waals surface area contributed by atoms with E-state index in [4.69, 9.17) is 14.0 Å². The average molecular weight is 432 g/mol. The fraction of sp³-hybridized carbons (Fsp3) is 0.211. The summed E-state index contributed by atoms with van der Waals surface area (Å²) in [5.41, 5.74) is 1.74. The Morgan fingerprint density at radius 1 is 1.22 bits per heavy atom. The van der Waals surface area contributed by atoms with Crippen molar-refractivity contribution in [3.8, 4) is 22.9 Å². The molecule has 1 aromatic heterocycles. The SMILES string of the molecule is COc1ccc(-c2noc(CNC(=O)COc3ccc(Br)cc3C)n2)cc1. The summed E-state index contributed by atoms with van der Waals surface area (Å²) in [6, 6.07) is 12.9. The van der Waals surface area contributed by atoms with Crippen molar-refractivity contribution in [2.45, 2.75) is 13.5 Å². The maximum atomic E-state index is 12.0. The van der Waals surface area contributed by atoms with Gasteiger partial charge in [0.1, 0.15) is 11.5 Å². The molecule has 3 aromatic rings. The molecule has 0 bridgehead atoms. The highest BCUT2D eigenvalue weighted by Crippen LogP contribution is 2.22. The predicted molar refractivity (Wildman–Crippen MR) is 103 cm³/mol. The second-order valence-electron chi connectivity index (χ2n) is 5.72. The zero-order valence-electron chi connectivity index (χ0n) is 14.9. The Hall–Kier alpha value is -2.87. The number of hydrogen-bond acceptors (Lipinski definition) is 6. The monoisotopic (exact) mass is 431 g/mol. The molecule has 7 nitrogen and oxygen atoms in total. The first-order valence-corrected chi connectivity index (χ1v) is 8.97. The van der Waals surface area contributed by atoms with Crippen molar-refractivity contribution in [1.82, 2.24) is 15.5 Å². The van der Waals surface area contributed by atoms with Crippen LogP contribution in [0.25, 0.3) is 11.4 Å². The number of rotatable bonds is 7. The summed E-state index contributed by atoms with van der Waals surface area (Å²) in [6.45, 7) is 1.95. The van der Waals surface area contributed by atoms with Crippen molar-refractivity contribution in [3.63, 3.8) is 0 Å². The minimum absolute atomic E-state index is 0.0953. The zero-order valence-corrected chi connectivity index (χ0v) is 16.4. The lowest BCUT2D eigenvalue weighted by molar-refractivity contribution is -0.123. The highest BCUT2D eigenvalue weighted by atomic mass is 79.9. The molecule has 140 valence electrons. The van der Waals surface area contributed by atoms with Gasteiger partial charge in [-0.1, -0.05) is 21.1 Å². The molecule has 0 radical (unpaired) electrons. The molecule has 0 atom stereocenters. The second kappa shape index (κ2) is 8.68. The lowest BCUT2D eigenvalue weighted by Crippen LogP contribution is -2.28. The van der Waals surface area contributed by atoms with Crippen LogP contribution in [0.3, 0.4) is 0 Å². The second-order valence-corrected chi connectivity index (χ2v) is 6.63. The highest BCUT2D eigenvalue weighted by Gasteiger charge is 2.11. The molecule has 2 aromatic carbocycles. The molecule has 1 N–H and O–H groups in total. The Bertz CT molecular complexity index is 925. The maximum absolute atomic E-state index is 12.0. The molecule has 27 heavy (non-hydrogen) atoms. The Balaban J connectivity index is 1.51. The molecule has 0 aliphatic carbocycles. The molecule has 0 aliphatic heterocycles. The number of carbonyl (C=O) groups excluding carboxylic acids is 1. The normalized spacial score (nSPS) is 10.5. The number of nitrogens with one attached hydrogen (secondary N) is 1. The third kappa shape index (κ3) is 5.07. The van der Waals surface area contributed by atoms with Crippen LogP contribution in [0.2, 0.25) is 0 Å². The molecular weight excluding hydrogens is 414 g/mol. The van der Waals surface area contributed by atoms with Crippen molar-refractivity contribution < 1.29 is 18.8 Å². The van der Waals surface area contributed by atoms with Crippen LogP contribution in [0.4, 0.5) is 0 Å². The van der Waals surface area contributed by atoms with Gasteiger partial charge in [-0.2, -0.15) is 4.98 Å². The van der Waals surface area contributed by atoms with E-state index in [-0.39, 0.29) is 19.1 Å². The molecule has 0 saturated carbocycles. The van der Waals surface area contributed by atoms with Gasteiger partial charge in [0.25, 0.3) is 5.91 Å². The van der Waals surface area contributed by atoms with Gasteiger partial charge in [0, 0.05) is 10.0 Å². The van der Waals surface area contributed by atoms with Gasteiger partial charge < -0.3 is 19.3 Å². The minimum Gasteiger partial charge on any atom is -0.497 e. The Morgan fingerprint density at radius 2 is 2.00 bits per heavy atom. The van der Waals surface area contributed by atoms with E-state index in [9.17, 15) is 4.79 Å². The van der Waals surface area contributed by atoms with E-state index in [1.165, 1.54) is 0 Å². The summed E-state index contributed by atoms with van der Waals surface area (Å²) in [7, 11) is 1.60. The first kappa shape index (κ1) is 18.9. The van der Waals surface area contributed by atoms with Gasteiger partial charge in [-0.3, -0.25) is 4.79 Å². The maximum Gasteiger partial charge on any atom is 0.258 e. The summed E-state index contributed by atoms with van der Waals surface area (Å²) >= 11 is 3.39. The van der Waals surface area contributed by atoms with Gasteiger partial charge >= 0.3 is 0 Å². The molecular formula is C19H18BrN3O4. The number of halogens is 1. The molecule has 1 amide bonds. The van der Waals surface area contributed by atoms with Crippen LogP contribution in [-0.4, -0.2) is 29.8 Å². The molecule has 0 saturated heterocycles. The number of benzene rings is 2. The first-order chi connectivity index (χ1) is 13.0. The fourth-order valence-corrected chi connectivity index (χ4v) is 2.80. The number of carbonyl (C=O) groups is 1. The quantitative estimate of drug-likeness (QED) is 0.615. The van der Waals surface area contributed by atoms with E-state index in [1.54, 1.807) is 7.11 Å². The molecule has 0 unspecified atom stereocenters. The van der Waals surface area contributed by atoms with Gasteiger partial charge in [-0.15, -0.1) is 0 Å². The number of amides is 1. The summed E-state index contributed by atoms with van der Waals surface area (Å²) < 4.78 is 16.8. The largest absolute Gasteiger partial charge is 0.497 e. The molecule has 0 fully saturated rings. The molecule has 0 aliphatic rings. The topological polar surface area (TPSA) is 86.5 Å². The number of aryl methyl sites for hydroxylation is 1. The van der Waals surface area contributed by atoms with E-state index in [1.807, 2.05) is 49.4 Å². The van der Waals surface area contributed by atoms with Crippen LogP contribution in [0, 0.1) is 6.92 Å². The number of hydrogen-bond donors (Lipinski definition) is 1. The van der Waals surface area contributed by atoms with E-state index < -0.39 is 0 Å². The first-order valence-electron chi connectivity index (χ1n) is 8.18. The third-order valence-corrected chi connectivity index (χ3v) is 4.24. The van der Waals surface area contributed by atoms with Gasteiger partial charge in [0.05, 0.1) is 13.7 Å². The molecule has 8 heteroatoms. The van der Waals surface area contributed by atoms with Gasteiger partial charge in [0.2, 0.25) is 11.7 Å². The lowest BCUT2D eigenvalue weighted by Gasteiger charge is -2.09. The predicted octanol–water partition coefficient (Wildman–Crippen LogP) is 3.51. The molecule has 1 heterocycles. The lowest BCUT2D eigenvalue weighted by atomic mass is 10.2. The third-order valence-electron chi connectivity index (χ3n) is 3.75. The average Bonchev–Trinajstić information content (AvgIpc) is 3.15. The number of nitrogens with zero attached hydrogens (tertiary/aromatic N) is 2. The van der Waals surface area contributed by atoms with Crippen LogP contribution in [0.1, 0.15) is 11.5 Å². The zero-order chi connectivity index (χ0) is 19.2. The van der Waals surface area contributed by atoms with E-state index in [2.05, 4.69) is 31.4 Å². The number of methoxy groups -OCH3 is 1. The van der Waals surface area contributed by atoms with Crippen molar-refractivity contribution in [2.24, 2.45) is 0 Å². The van der Waals surface area contributed by atoms with E-state index in [0.717, 1.165) is 21.3 Å². The Morgan fingerprint density at radius 3 is 2.70 bits per heavy atom. The fourth-order valence-electron chi connectivity index (χ4n) is 2.33. The van der Waals surface area contributed by atoms with Crippen molar-refractivity contribution >= 4 is 21.8 Å². The van der Waals surface area contributed by atoms with Crippen LogP contribution in [-0.2, 0) is 11.3 Å². The summed E-state index contributed by atoms with van der Waals surface area (Å²) in [4.78, 5) is 16.2. The van der Waals surface area contributed by atoms with Crippen LogP contribution >= 0.6 is 15.9 Å². The van der Waals surface area contributed by atoms with Gasteiger partial charge in [-0.05, 0) is 55.0 Å². The van der Waals surface area contributed by atoms with Crippen molar-refractivity contribution in [3.05, 3.63) is 58.4 Å². The standard InChI is InChI=1S/C19H18BrN3O4/c1-12-9-14(20)5-8-16(12)26-11-17(24)21-10-18-22-19(23-27-18)13-3-6-15(25-2)7-4-13/h3-9H,10-11H2,1-2H3,(H,21,24). The summed E-state index contributed by atoms with van der Waals surface area (Å²) in [6.07, 6.45) is 0. The van der Waals surface area contributed by atoms with E-state index >= 15 is 0 Å². The molecule has 3 rings (SSSR count). The van der Waals surface area contributed by atoms with Crippen molar-refractivity contribution in [2.75, 3.05) is 13.7 Å². The van der Waals surface area contributed by atoms with Gasteiger partial charge in [-0.25, -0.2) is 0 Å². The van der Waals surface area contributed by atoms with Gasteiger partial charge in [0.15, 0.2) is 6.61 Å². The van der Waals surface area contributed by atoms with Crippen LogP contribution in [0.15, 0.2) is 51.5 Å². The van der Waals surface area contributed by atoms with Crippen molar-refractivity contribution in [1.29, 1.82) is 0 Å². The number of aromatic nitrogens is 2. The molecule has 0 spiro atoms. The Labute approximate surface area is 164 Å². The number of ether oxygens (including phenoxy) is 2. The Kier molecular flexibility index (Phi) is 6.08. The summed E-state index contributed by atoms with van der Waals surface area (Å²) in [5, 5.41) is 6.61. The summed E-state index contributed by atoms with van der Waals surface area (Å²) in [5.74, 6) is 1.89. The highest BCUT2D eigenvalue weighted by molar-refractivity contribution is 9.10. The van der Waals surface area contributed by atoms with Crippen LogP contribution in [0.5, 0.6) is 11.5 Å². The smallest absolute Gasteiger partial charge is 0.258 e. The van der Waals surface area contributed by atoms with E-state index in [0.29, 0.717) is 17.5 Å². The van der Waals surface area contributed by atoms with Crippen LogP contribution < -0.4 is 14.8 Å². The minimum atomic E-state index is -0.276.